The van der Waals surface area contributed by atoms with E-state index in [-0.39, 0.29) is 0 Å². The number of rotatable bonds is 3. The van der Waals surface area contributed by atoms with Gasteiger partial charge in [-0.3, -0.25) is 0 Å². The van der Waals surface area contributed by atoms with E-state index in [0.717, 1.165) is 0 Å². The van der Waals surface area contributed by atoms with E-state index in [1.165, 1.54) is 15.9 Å². The van der Waals surface area contributed by atoms with Crippen molar-refractivity contribution in [1.29, 1.82) is 0 Å². The highest BCUT2D eigenvalue weighted by Crippen LogP contribution is 2.54. The lowest BCUT2D eigenvalue weighted by molar-refractivity contribution is 1.73. The van der Waals surface area contributed by atoms with Crippen LogP contribution in [0.25, 0.3) is 0 Å². The van der Waals surface area contributed by atoms with Gasteiger partial charge in [0.1, 0.15) is 24.0 Å². The minimum Gasteiger partial charge on any atom is -0.0887 e. The molecule has 0 heterocycles. The maximum atomic E-state index is 3.84. The maximum Gasteiger partial charge on any atom is 0.188 e. The summed E-state index contributed by atoms with van der Waals surface area (Å²) in [6.07, 6.45) is 0. The molecule has 25 heavy (non-hydrogen) atoms. The first-order chi connectivity index (χ1) is 12.0. The van der Waals surface area contributed by atoms with Crippen LogP contribution in [0.3, 0.4) is 0 Å². The van der Waals surface area contributed by atoms with Gasteiger partial charge in [0.25, 0.3) is 0 Å². The summed E-state index contributed by atoms with van der Waals surface area (Å²) in [4.78, 5) is 0. The summed E-state index contributed by atoms with van der Waals surface area (Å²) < 4.78 is 0. The van der Waals surface area contributed by atoms with E-state index in [4.69, 9.17) is 0 Å². The van der Waals surface area contributed by atoms with Crippen molar-refractivity contribution in [2.75, 3.05) is 0 Å². The van der Waals surface area contributed by atoms with Crippen LogP contribution in [0, 0.1) is 11.2 Å². The Morgan fingerprint density at radius 3 is 1.16 bits per heavy atom. The lowest BCUT2D eigenvalue weighted by Gasteiger charge is -2.21. The number of benzene rings is 3. The Morgan fingerprint density at radius 2 is 0.880 bits per heavy atom. The zero-order valence-corrected chi connectivity index (χ0v) is 17.0. The van der Waals surface area contributed by atoms with Gasteiger partial charge in [-0.2, -0.15) is 0 Å². The van der Waals surface area contributed by atoms with E-state index in [1.54, 1.807) is 0 Å². The third kappa shape index (κ3) is 3.93. The molecule has 3 aromatic carbocycles. The summed E-state index contributed by atoms with van der Waals surface area (Å²) in [6.45, 7) is 6.95. The first-order valence-corrected chi connectivity index (χ1v) is 13.9. The van der Waals surface area contributed by atoms with Gasteiger partial charge >= 0.3 is 0 Å². The van der Waals surface area contributed by atoms with Crippen molar-refractivity contribution in [2.24, 2.45) is 0 Å². The Bertz CT molecular complexity index is 773. The molecule has 3 aromatic rings. The maximum absolute atomic E-state index is 3.84. The summed E-state index contributed by atoms with van der Waals surface area (Å²) >= 11 is 0. The van der Waals surface area contributed by atoms with Crippen LogP contribution in [0.4, 0.5) is 0 Å². The fourth-order valence-electron chi connectivity index (χ4n) is 2.85. The summed E-state index contributed by atoms with van der Waals surface area (Å²) in [5.41, 5.74) is 7.54. The summed E-state index contributed by atoms with van der Waals surface area (Å²) in [7, 11) is -3.48. The van der Waals surface area contributed by atoms with Gasteiger partial charge in [-0.15, -0.1) is 0 Å². The van der Waals surface area contributed by atoms with E-state index >= 15 is 0 Å². The molecular weight excluding hydrogens is 335 g/mol. The molecule has 0 bridgehead atoms. The molecule has 0 fully saturated rings. The van der Waals surface area contributed by atoms with Crippen molar-refractivity contribution in [2.45, 2.75) is 19.6 Å². The second-order valence-electron chi connectivity index (χ2n) is 7.16. The molecule has 0 saturated carbocycles. The third-order valence-electron chi connectivity index (χ3n) is 4.03. The molecule has 124 valence electrons. The van der Waals surface area contributed by atoms with Crippen LogP contribution in [-0.2, 0) is 0 Å². The number of hydrogen-bond acceptors (Lipinski definition) is 0. The zero-order valence-electron chi connectivity index (χ0n) is 15.1. The second kappa shape index (κ2) is 7.40. The lowest BCUT2D eigenvalue weighted by Crippen LogP contribution is -2.30. The molecule has 0 aliphatic rings. The molecule has 0 saturated heterocycles. The van der Waals surface area contributed by atoms with E-state index < -0.39 is 15.3 Å². The van der Waals surface area contributed by atoms with Gasteiger partial charge in [0.15, 0.2) is 7.26 Å². The Labute approximate surface area is 153 Å². The van der Waals surface area contributed by atoms with Gasteiger partial charge in [0.2, 0.25) is 0 Å². The largest absolute Gasteiger partial charge is 0.188 e. The highest BCUT2D eigenvalue weighted by molar-refractivity contribution is 7.99. The Balaban J connectivity index is 2.37. The predicted octanol–water partition coefficient (Wildman–Crippen LogP) is 4.82. The highest BCUT2D eigenvalue weighted by atomic mass is 31.2. The minimum absolute atomic E-state index is 1.33. The third-order valence-corrected chi connectivity index (χ3v) is 8.78. The summed E-state index contributed by atoms with van der Waals surface area (Å²) in [6, 6.07) is 32.5. The fraction of sp³-hybridized carbons (Fsp3) is 0.130. The first-order valence-electron chi connectivity index (χ1n) is 8.63. The molecule has 0 amide bonds. The molecule has 0 spiro atoms. The van der Waals surface area contributed by atoms with Gasteiger partial charge in [-0.1, -0.05) is 79.8 Å². The van der Waals surface area contributed by atoms with Gasteiger partial charge in [-0.25, -0.2) is 0 Å². The highest BCUT2D eigenvalue weighted by Gasteiger charge is 2.44. The molecule has 2 heteroatoms. The van der Waals surface area contributed by atoms with Gasteiger partial charge < -0.3 is 0 Å². The van der Waals surface area contributed by atoms with Crippen molar-refractivity contribution in [3.63, 3.8) is 0 Å². The van der Waals surface area contributed by atoms with Crippen molar-refractivity contribution in [1.82, 2.24) is 0 Å². The SMILES string of the molecule is C[Si](C)(C)C#C[P+](c1ccccc1)(c1ccccc1)c1ccccc1. The van der Waals surface area contributed by atoms with Crippen molar-refractivity contribution >= 4 is 31.2 Å². The van der Waals surface area contributed by atoms with Gasteiger partial charge in [0, 0.05) is 0 Å². The molecule has 0 aliphatic heterocycles. The molecule has 3 rings (SSSR count). The van der Waals surface area contributed by atoms with Crippen LogP contribution in [0.2, 0.25) is 19.6 Å². The van der Waals surface area contributed by atoms with Gasteiger partial charge in [-0.05, 0) is 36.4 Å². The smallest absolute Gasteiger partial charge is 0.0887 e. The molecule has 0 nitrogen and oxygen atoms in total. The van der Waals surface area contributed by atoms with E-state index in [1.807, 2.05) is 0 Å². The zero-order chi connectivity index (χ0) is 17.8. The number of hydrogen-bond donors (Lipinski definition) is 0. The van der Waals surface area contributed by atoms with Crippen molar-refractivity contribution in [3.8, 4) is 11.2 Å². The summed E-state index contributed by atoms with van der Waals surface area (Å²) in [5, 5.41) is 3.99. The Hall–Kier alpha value is -2.13. The molecule has 0 N–H and O–H groups in total. The average Bonchev–Trinajstić information content (AvgIpc) is 2.64. The van der Waals surface area contributed by atoms with Crippen LogP contribution >= 0.6 is 7.26 Å². The van der Waals surface area contributed by atoms with Gasteiger partial charge in [0.05, 0.1) is 5.66 Å². The van der Waals surface area contributed by atoms with E-state index in [2.05, 4.69) is 122 Å². The van der Waals surface area contributed by atoms with Crippen molar-refractivity contribution in [3.05, 3.63) is 91.0 Å². The molecule has 0 radical (unpaired) electrons. The standard InChI is InChI=1S/C23H24PSi/c1-25(2,3)20-19-24(21-13-7-4-8-14-21,22-15-9-5-10-16-22)23-17-11-6-12-18-23/h4-18H,1-3H3/q+1. The predicted molar refractivity (Wildman–Crippen MR) is 116 cm³/mol. The molecule has 0 unspecified atom stereocenters. The molecular formula is C23H24PSi+. The Kier molecular flexibility index (Phi) is 5.23. The van der Waals surface area contributed by atoms with Crippen LogP contribution in [-0.4, -0.2) is 8.07 Å². The average molecular weight is 360 g/mol. The van der Waals surface area contributed by atoms with Crippen molar-refractivity contribution < 1.29 is 0 Å². The second-order valence-corrected chi connectivity index (χ2v) is 15.0. The van der Waals surface area contributed by atoms with Crippen LogP contribution in [0.15, 0.2) is 91.0 Å². The monoisotopic (exact) mass is 359 g/mol. The quantitative estimate of drug-likeness (QED) is 0.357. The molecule has 0 atom stereocenters. The van der Waals surface area contributed by atoms with Crippen LogP contribution in [0.1, 0.15) is 0 Å². The normalized spacial score (nSPS) is 11.5. The van der Waals surface area contributed by atoms with Crippen LogP contribution < -0.4 is 15.9 Å². The first kappa shape index (κ1) is 17.7. The fourth-order valence-corrected chi connectivity index (χ4v) is 8.00. The lowest BCUT2D eigenvalue weighted by atomic mass is 10.4. The minimum atomic E-state index is -1.98. The molecule has 0 aromatic heterocycles. The topological polar surface area (TPSA) is 0 Å². The van der Waals surface area contributed by atoms with E-state index in [0.29, 0.717) is 0 Å². The van der Waals surface area contributed by atoms with Crippen LogP contribution in [0.5, 0.6) is 0 Å². The Morgan fingerprint density at radius 1 is 0.560 bits per heavy atom. The molecule has 0 aliphatic carbocycles. The summed E-state index contributed by atoms with van der Waals surface area (Å²) in [5.74, 6) is 0. The van der Waals surface area contributed by atoms with E-state index in [9.17, 15) is 0 Å².